The molecule has 0 aromatic rings. The smallest absolute Gasteiger partial charge is 0.187 e. The topological polar surface area (TPSA) is 258 Å². The molecule has 0 unspecified atom stereocenters. The van der Waals surface area contributed by atoms with Crippen LogP contribution in [0.15, 0.2) is 0 Å². The van der Waals surface area contributed by atoms with Gasteiger partial charge in [-0.2, -0.15) is 0 Å². The van der Waals surface area contributed by atoms with Gasteiger partial charge in [0.25, 0.3) is 0 Å². The fourth-order valence-electron chi connectivity index (χ4n) is 4.41. The third-order valence-corrected chi connectivity index (χ3v) is 6.56. The second-order valence-electron chi connectivity index (χ2n) is 9.18. The summed E-state index contributed by atoms with van der Waals surface area (Å²) in [5, 5.41) is 102. The van der Waals surface area contributed by atoms with Crippen LogP contribution in [0.5, 0.6) is 0 Å². The number of aliphatic hydroxyl groups is 10. The zero-order valence-electron chi connectivity index (χ0n) is 20.1. The van der Waals surface area contributed by atoms with Crippen molar-refractivity contribution in [2.24, 2.45) is 0 Å². The maximum atomic E-state index is 10.9. The van der Waals surface area contributed by atoms with Crippen LogP contribution in [0.25, 0.3) is 0 Å². The van der Waals surface area contributed by atoms with Gasteiger partial charge in [0.2, 0.25) is 0 Å². The van der Waals surface area contributed by atoms with Crippen LogP contribution < -0.4 is 0 Å². The summed E-state index contributed by atoms with van der Waals surface area (Å²) in [7, 11) is 0. The van der Waals surface area contributed by atoms with E-state index >= 15 is 0 Å². The maximum absolute atomic E-state index is 10.9. The van der Waals surface area contributed by atoms with E-state index in [0.717, 1.165) is 0 Å². The predicted molar refractivity (Wildman–Crippen MR) is 115 cm³/mol. The van der Waals surface area contributed by atoms with Crippen molar-refractivity contribution >= 4 is 0 Å². The number of aliphatic hydroxyl groups excluding tert-OH is 10. The summed E-state index contributed by atoms with van der Waals surface area (Å²) >= 11 is 0. The molecule has 0 saturated carbocycles. The van der Waals surface area contributed by atoms with Crippen molar-refractivity contribution in [1.29, 1.82) is 0 Å². The first-order chi connectivity index (χ1) is 17.6. The molecule has 10 N–H and O–H groups in total. The van der Waals surface area contributed by atoms with Crippen molar-refractivity contribution in [2.75, 3.05) is 26.4 Å². The molecule has 218 valence electrons. The Labute approximate surface area is 212 Å². The van der Waals surface area contributed by atoms with Gasteiger partial charge in [0.1, 0.15) is 73.2 Å². The van der Waals surface area contributed by atoms with Gasteiger partial charge in [-0.25, -0.2) is 0 Å². The molecule has 0 bridgehead atoms. The third-order valence-electron chi connectivity index (χ3n) is 6.56. The van der Waals surface area contributed by atoms with E-state index in [1.54, 1.807) is 0 Å². The van der Waals surface area contributed by atoms with E-state index < -0.39 is 112 Å². The van der Waals surface area contributed by atoms with Crippen molar-refractivity contribution in [3.63, 3.8) is 0 Å². The van der Waals surface area contributed by atoms with E-state index in [0.29, 0.717) is 6.42 Å². The van der Waals surface area contributed by atoms with Crippen LogP contribution in [-0.4, -0.2) is 170 Å². The third kappa shape index (κ3) is 6.58. The SMILES string of the molecule is CCCO[C@@H]1O[C@H](CO)[C@@H](O[C@@H]2O[C@H](CO)[C@H](O)[C@H](O[C@H]3O[C@H](CO)[C@H](O)[C@H](O)[C@H]3O)[C@H]2O)[C@H](O)[C@H]1O. The monoisotopic (exact) mass is 546 g/mol. The fourth-order valence-corrected chi connectivity index (χ4v) is 4.41. The van der Waals surface area contributed by atoms with Crippen LogP contribution >= 0.6 is 0 Å². The molecule has 3 rings (SSSR count). The van der Waals surface area contributed by atoms with Gasteiger partial charge < -0.3 is 79.5 Å². The molecular weight excluding hydrogens is 508 g/mol. The minimum Gasteiger partial charge on any atom is -0.394 e. The van der Waals surface area contributed by atoms with Gasteiger partial charge >= 0.3 is 0 Å². The van der Waals surface area contributed by atoms with Gasteiger partial charge in [0.15, 0.2) is 18.9 Å². The molecule has 0 aromatic heterocycles. The predicted octanol–water partition coefficient (Wildman–Crippen LogP) is -6.14. The van der Waals surface area contributed by atoms with Crippen molar-refractivity contribution in [3.8, 4) is 0 Å². The molecule has 3 aliphatic rings. The summed E-state index contributed by atoms with van der Waals surface area (Å²) < 4.78 is 32.6. The highest BCUT2D eigenvalue weighted by molar-refractivity contribution is 4.96. The summed E-state index contributed by atoms with van der Waals surface area (Å²) in [4.78, 5) is 0. The molecule has 0 aliphatic carbocycles. The van der Waals surface area contributed by atoms with Crippen molar-refractivity contribution < 1.29 is 79.5 Å². The standard InChI is InChI=1S/C21H38O16/c1-2-3-32-19-15(30)13(28)17(9(6-24)35-19)36-21-16(31)18(11(26)8(5-23)34-21)37-20-14(29)12(27)10(25)7(4-22)33-20/h7-31H,2-6H2,1H3/t7-,8-,9-,10+,11+,12+,13-,14-,15-,16-,17-,18+,19-,20-,21+/m1/s1. The lowest BCUT2D eigenvalue weighted by molar-refractivity contribution is -0.380. The second kappa shape index (κ2) is 13.6. The molecule has 3 aliphatic heterocycles. The maximum Gasteiger partial charge on any atom is 0.187 e. The average molecular weight is 547 g/mol. The van der Waals surface area contributed by atoms with Crippen LogP contribution in [0.3, 0.4) is 0 Å². The average Bonchev–Trinajstić information content (AvgIpc) is 2.89. The largest absolute Gasteiger partial charge is 0.394 e. The zero-order chi connectivity index (χ0) is 27.4. The van der Waals surface area contributed by atoms with Gasteiger partial charge in [-0.05, 0) is 6.42 Å². The van der Waals surface area contributed by atoms with E-state index in [2.05, 4.69) is 0 Å². The first-order valence-electron chi connectivity index (χ1n) is 12.1. The molecule has 0 amide bonds. The Balaban J connectivity index is 1.76. The van der Waals surface area contributed by atoms with Gasteiger partial charge in [-0.1, -0.05) is 6.92 Å². The molecule has 37 heavy (non-hydrogen) atoms. The molecule has 0 spiro atoms. The van der Waals surface area contributed by atoms with Gasteiger partial charge in [-0.15, -0.1) is 0 Å². The number of hydrogen-bond donors (Lipinski definition) is 10. The molecular formula is C21H38O16. The lowest BCUT2D eigenvalue weighted by Gasteiger charge is -2.48. The fraction of sp³-hybridized carbons (Fsp3) is 1.00. The Morgan fingerprint density at radius 1 is 0.514 bits per heavy atom. The first kappa shape index (κ1) is 30.9. The number of hydrogen-bond acceptors (Lipinski definition) is 16. The van der Waals surface area contributed by atoms with E-state index in [4.69, 9.17) is 28.4 Å². The summed E-state index contributed by atoms with van der Waals surface area (Å²) in [6, 6.07) is 0. The highest BCUT2D eigenvalue weighted by Gasteiger charge is 2.53. The Morgan fingerprint density at radius 2 is 1.00 bits per heavy atom. The molecule has 3 fully saturated rings. The Morgan fingerprint density at radius 3 is 1.57 bits per heavy atom. The molecule has 15 atom stereocenters. The second-order valence-corrected chi connectivity index (χ2v) is 9.18. The Bertz CT molecular complexity index is 683. The quantitative estimate of drug-likeness (QED) is 0.122. The number of rotatable bonds is 10. The zero-order valence-corrected chi connectivity index (χ0v) is 20.1. The Kier molecular flexibility index (Phi) is 11.4. The van der Waals surface area contributed by atoms with E-state index in [9.17, 15) is 51.1 Å². The van der Waals surface area contributed by atoms with Gasteiger partial charge in [0.05, 0.1) is 19.8 Å². The lowest BCUT2D eigenvalue weighted by Crippen LogP contribution is -2.66. The van der Waals surface area contributed by atoms with Crippen molar-refractivity contribution in [2.45, 2.75) is 105 Å². The van der Waals surface area contributed by atoms with E-state index in [1.165, 1.54) is 0 Å². The summed E-state index contributed by atoms with van der Waals surface area (Å²) in [5.74, 6) is 0. The molecule has 0 radical (unpaired) electrons. The summed E-state index contributed by atoms with van der Waals surface area (Å²) in [6.45, 7) is -0.194. The van der Waals surface area contributed by atoms with Crippen LogP contribution in [0.1, 0.15) is 13.3 Å². The van der Waals surface area contributed by atoms with E-state index in [-0.39, 0.29) is 6.61 Å². The summed E-state index contributed by atoms with van der Waals surface area (Å²) in [6.07, 6.45) is -23.5. The lowest BCUT2D eigenvalue weighted by atomic mass is 9.96. The van der Waals surface area contributed by atoms with Crippen LogP contribution in [0, 0.1) is 0 Å². The highest BCUT2D eigenvalue weighted by atomic mass is 16.8. The first-order valence-corrected chi connectivity index (χ1v) is 12.1. The molecule has 3 heterocycles. The molecule has 3 saturated heterocycles. The molecule has 0 aromatic carbocycles. The molecule has 16 heteroatoms. The van der Waals surface area contributed by atoms with Crippen LogP contribution in [0.4, 0.5) is 0 Å². The molecule has 16 nitrogen and oxygen atoms in total. The highest BCUT2D eigenvalue weighted by Crippen LogP contribution is 2.32. The van der Waals surface area contributed by atoms with Gasteiger partial charge in [-0.3, -0.25) is 0 Å². The number of ether oxygens (including phenoxy) is 6. The normalized spacial score (nSPS) is 49.2. The minimum absolute atomic E-state index is 0.204. The Hall–Kier alpha value is -0.640. The van der Waals surface area contributed by atoms with Gasteiger partial charge in [0, 0.05) is 6.61 Å². The minimum atomic E-state index is -1.87. The van der Waals surface area contributed by atoms with E-state index in [1.807, 2.05) is 6.92 Å². The van der Waals surface area contributed by atoms with Crippen LogP contribution in [-0.2, 0) is 28.4 Å². The van der Waals surface area contributed by atoms with Crippen LogP contribution in [0.2, 0.25) is 0 Å². The summed E-state index contributed by atoms with van der Waals surface area (Å²) in [5.41, 5.74) is 0. The van der Waals surface area contributed by atoms with Crippen molar-refractivity contribution in [1.82, 2.24) is 0 Å². The van der Waals surface area contributed by atoms with Crippen molar-refractivity contribution in [3.05, 3.63) is 0 Å².